The quantitative estimate of drug-likeness (QED) is 0.902. The van der Waals surface area contributed by atoms with Crippen molar-refractivity contribution in [1.82, 2.24) is 10.2 Å². The molecular formula is C19H20F3N3O. The van der Waals surface area contributed by atoms with Crippen LogP contribution in [-0.4, -0.2) is 37.1 Å². The van der Waals surface area contributed by atoms with E-state index in [1.54, 1.807) is 4.90 Å². The summed E-state index contributed by atoms with van der Waals surface area (Å²) in [6.45, 7) is 2.70. The third-order valence-electron chi connectivity index (χ3n) is 4.41. The van der Waals surface area contributed by atoms with Gasteiger partial charge in [0.05, 0.1) is 5.56 Å². The molecule has 0 spiro atoms. The number of carbonyl (C=O) groups is 1. The molecular weight excluding hydrogens is 343 g/mol. The molecule has 1 fully saturated rings. The SMILES string of the molecule is O=C(NCc1ccccc1)N1CCN(c2ccc(C(F)(F)F)cc2)CC1. The molecule has 0 saturated carbocycles. The number of halogens is 3. The van der Waals surface area contributed by atoms with E-state index >= 15 is 0 Å². The summed E-state index contributed by atoms with van der Waals surface area (Å²) < 4.78 is 37.9. The third-order valence-corrected chi connectivity index (χ3v) is 4.41. The number of carbonyl (C=O) groups excluding carboxylic acids is 1. The van der Waals surface area contributed by atoms with Crippen molar-refractivity contribution in [3.63, 3.8) is 0 Å². The van der Waals surface area contributed by atoms with Crippen LogP contribution in [0.25, 0.3) is 0 Å². The summed E-state index contributed by atoms with van der Waals surface area (Å²) in [6, 6.07) is 14.7. The zero-order valence-electron chi connectivity index (χ0n) is 14.2. The summed E-state index contributed by atoms with van der Waals surface area (Å²) >= 11 is 0. The molecule has 4 nitrogen and oxygen atoms in total. The first-order valence-electron chi connectivity index (χ1n) is 8.42. The lowest BCUT2D eigenvalue weighted by atomic mass is 10.1. The van der Waals surface area contributed by atoms with Crippen molar-refractivity contribution in [1.29, 1.82) is 0 Å². The lowest BCUT2D eigenvalue weighted by Crippen LogP contribution is -2.51. The largest absolute Gasteiger partial charge is 0.416 e. The van der Waals surface area contributed by atoms with Gasteiger partial charge in [-0.3, -0.25) is 0 Å². The number of urea groups is 1. The molecule has 7 heteroatoms. The number of amides is 2. The molecule has 2 aromatic rings. The fourth-order valence-electron chi connectivity index (χ4n) is 2.91. The zero-order chi connectivity index (χ0) is 18.6. The molecule has 0 aromatic heterocycles. The van der Waals surface area contributed by atoms with Gasteiger partial charge in [0.2, 0.25) is 0 Å². The lowest BCUT2D eigenvalue weighted by molar-refractivity contribution is -0.137. The normalized spacial score (nSPS) is 15.0. The van der Waals surface area contributed by atoms with Gasteiger partial charge in [-0.25, -0.2) is 4.79 Å². The molecule has 2 amide bonds. The Morgan fingerprint density at radius 2 is 1.54 bits per heavy atom. The van der Waals surface area contributed by atoms with Crippen molar-refractivity contribution < 1.29 is 18.0 Å². The average molecular weight is 363 g/mol. The molecule has 0 radical (unpaired) electrons. The van der Waals surface area contributed by atoms with Gasteiger partial charge < -0.3 is 15.1 Å². The molecule has 26 heavy (non-hydrogen) atoms. The van der Waals surface area contributed by atoms with E-state index in [0.29, 0.717) is 32.7 Å². The summed E-state index contributed by atoms with van der Waals surface area (Å²) in [7, 11) is 0. The number of nitrogens with one attached hydrogen (secondary N) is 1. The van der Waals surface area contributed by atoms with Gasteiger partial charge in [0, 0.05) is 38.4 Å². The van der Waals surface area contributed by atoms with Crippen LogP contribution in [0.4, 0.5) is 23.7 Å². The summed E-state index contributed by atoms with van der Waals surface area (Å²) in [6.07, 6.45) is -4.33. The van der Waals surface area contributed by atoms with E-state index in [0.717, 1.165) is 23.4 Å². The smallest absolute Gasteiger partial charge is 0.368 e. The summed E-state index contributed by atoms with van der Waals surface area (Å²) in [5.74, 6) is 0. The first kappa shape index (κ1) is 18.1. The fraction of sp³-hybridized carbons (Fsp3) is 0.316. The second kappa shape index (κ2) is 7.68. The van der Waals surface area contributed by atoms with Crippen molar-refractivity contribution in [2.75, 3.05) is 31.1 Å². The first-order valence-corrected chi connectivity index (χ1v) is 8.42. The van der Waals surface area contributed by atoms with Gasteiger partial charge in [-0.1, -0.05) is 30.3 Å². The number of benzene rings is 2. The second-order valence-corrected chi connectivity index (χ2v) is 6.16. The molecule has 1 heterocycles. The number of alkyl halides is 3. The number of nitrogens with zero attached hydrogens (tertiary/aromatic N) is 2. The van der Waals surface area contributed by atoms with E-state index in [2.05, 4.69) is 5.32 Å². The van der Waals surface area contributed by atoms with Crippen LogP contribution in [0.3, 0.4) is 0 Å². The Morgan fingerprint density at radius 3 is 2.12 bits per heavy atom. The number of anilines is 1. The highest BCUT2D eigenvalue weighted by atomic mass is 19.4. The number of hydrogen-bond acceptors (Lipinski definition) is 2. The zero-order valence-corrected chi connectivity index (χ0v) is 14.2. The average Bonchev–Trinajstić information content (AvgIpc) is 2.66. The van der Waals surface area contributed by atoms with E-state index < -0.39 is 11.7 Å². The summed E-state index contributed by atoms with van der Waals surface area (Å²) in [5, 5.41) is 2.89. The molecule has 1 saturated heterocycles. The van der Waals surface area contributed by atoms with Crippen molar-refractivity contribution in [2.24, 2.45) is 0 Å². The van der Waals surface area contributed by atoms with Crippen molar-refractivity contribution in [2.45, 2.75) is 12.7 Å². The Balaban J connectivity index is 1.50. The molecule has 2 aromatic carbocycles. The lowest BCUT2D eigenvalue weighted by Gasteiger charge is -2.36. The third kappa shape index (κ3) is 4.47. The van der Waals surface area contributed by atoms with Crippen LogP contribution in [-0.2, 0) is 12.7 Å². The number of hydrogen-bond donors (Lipinski definition) is 1. The standard InChI is InChI=1S/C19H20F3N3O/c20-19(21,22)16-6-8-17(9-7-16)24-10-12-25(13-11-24)18(26)23-14-15-4-2-1-3-5-15/h1-9H,10-14H2,(H,23,26). The van der Waals surface area contributed by atoms with Gasteiger partial charge in [-0.05, 0) is 29.8 Å². The maximum absolute atomic E-state index is 12.6. The van der Waals surface area contributed by atoms with Crippen molar-refractivity contribution >= 4 is 11.7 Å². The van der Waals surface area contributed by atoms with E-state index in [1.807, 2.05) is 35.2 Å². The van der Waals surface area contributed by atoms with Crippen molar-refractivity contribution in [3.05, 3.63) is 65.7 Å². The Labute approximate surface area is 150 Å². The predicted molar refractivity (Wildman–Crippen MR) is 93.9 cm³/mol. The van der Waals surface area contributed by atoms with E-state index in [9.17, 15) is 18.0 Å². The summed E-state index contributed by atoms with van der Waals surface area (Å²) in [5.41, 5.74) is 1.12. The Bertz CT molecular complexity index is 724. The minimum atomic E-state index is -4.33. The molecule has 1 N–H and O–H groups in total. The second-order valence-electron chi connectivity index (χ2n) is 6.16. The van der Waals surface area contributed by atoms with Crippen LogP contribution in [0.1, 0.15) is 11.1 Å². The number of piperazine rings is 1. The molecule has 1 aliphatic heterocycles. The number of rotatable bonds is 3. The van der Waals surface area contributed by atoms with Crippen LogP contribution in [0.2, 0.25) is 0 Å². The predicted octanol–water partition coefficient (Wildman–Crippen LogP) is 3.74. The van der Waals surface area contributed by atoms with Gasteiger partial charge in [0.1, 0.15) is 0 Å². The first-order chi connectivity index (χ1) is 12.4. The van der Waals surface area contributed by atoms with Crippen LogP contribution in [0, 0.1) is 0 Å². The van der Waals surface area contributed by atoms with Gasteiger partial charge in [-0.2, -0.15) is 13.2 Å². The monoisotopic (exact) mass is 363 g/mol. The van der Waals surface area contributed by atoms with Gasteiger partial charge in [-0.15, -0.1) is 0 Å². The van der Waals surface area contributed by atoms with Crippen molar-refractivity contribution in [3.8, 4) is 0 Å². The minimum absolute atomic E-state index is 0.124. The maximum Gasteiger partial charge on any atom is 0.416 e. The molecule has 0 unspecified atom stereocenters. The topological polar surface area (TPSA) is 35.6 Å². The highest BCUT2D eigenvalue weighted by Crippen LogP contribution is 2.30. The van der Waals surface area contributed by atoms with Crippen LogP contribution in [0.15, 0.2) is 54.6 Å². The Hall–Kier alpha value is -2.70. The van der Waals surface area contributed by atoms with Crippen LogP contribution >= 0.6 is 0 Å². The van der Waals surface area contributed by atoms with Gasteiger partial charge in [0.15, 0.2) is 0 Å². The molecule has 0 atom stereocenters. The van der Waals surface area contributed by atoms with E-state index in [-0.39, 0.29) is 6.03 Å². The van der Waals surface area contributed by atoms with Crippen LogP contribution < -0.4 is 10.2 Å². The fourth-order valence-corrected chi connectivity index (χ4v) is 2.91. The maximum atomic E-state index is 12.6. The van der Waals surface area contributed by atoms with E-state index in [4.69, 9.17) is 0 Å². The molecule has 0 aliphatic carbocycles. The molecule has 3 rings (SSSR count). The summed E-state index contributed by atoms with van der Waals surface area (Å²) in [4.78, 5) is 16.0. The molecule has 1 aliphatic rings. The van der Waals surface area contributed by atoms with Gasteiger partial charge in [0.25, 0.3) is 0 Å². The van der Waals surface area contributed by atoms with Crippen LogP contribution in [0.5, 0.6) is 0 Å². The van der Waals surface area contributed by atoms with Gasteiger partial charge >= 0.3 is 12.2 Å². The highest BCUT2D eigenvalue weighted by Gasteiger charge is 2.30. The molecule has 0 bridgehead atoms. The minimum Gasteiger partial charge on any atom is -0.368 e. The van der Waals surface area contributed by atoms with E-state index in [1.165, 1.54) is 12.1 Å². The Morgan fingerprint density at radius 1 is 0.923 bits per heavy atom. The Kier molecular flexibility index (Phi) is 5.35. The highest BCUT2D eigenvalue weighted by molar-refractivity contribution is 5.74. The molecule has 138 valence electrons.